The van der Waals surface area contributed by atoms with Gasteiger partial charge in [-0.1, -0.05) is 18.2 Å². The van der Waals surface area contributed by atoms with Crippen LogP contribution in [0.2, 0.25) is 0 Å². The summed E-state index contributed by atoms with van der Waals surface area (Å²) in [5.41, 5.74) is 2.58. The van der Waals surface area contributed by atoms with Crippen LogP contribution in [0.5, 0.6) is 0 Å². The highest BCUT2D eigenvalue weighted by molar-refractivity contribution is 6.00. The summed E-state index contributed by atoms with van der Waals surface area (Å²) < 4.78 is 14.8. The number of hydrogen-bond donors (Lipinski definition) is 0. The maximum absolute atomic E-state index is 13.1. The molecule has 1 aliphatic rings. The molecule has 0 unspecified atom stereocenters. The molecule has 0 saturated carbocycles. The van der Waals surface area contributed by atoms with Crippen LogP contribution < -0.4 is 0 Å². The zero-order valence-corrected chi connectivity index (χ0v) is 14.5. The van der Waals surface area contributed by atoms with E-state index in [-0.39, 0.29) is 11.7 Å². The molecular weight excluding hydrogens is 331 g/mol. The maximum Gasteiger partial charge on any atom is 0.257 e. The second kappa shape index (κ2) is 7.25. The van der Waals surface area contributed by atoms with E-state index in [4.69, 9.17) is 0 Å². The van der Waals surface area contributed by atoms with E-state index in [1.165, 1.54) is 12.1 Å². The molecule has 1 saturated heterocycles. The number of amides is 1. The van der Waals surface area contributed by atoms with Crippen molar-refractivity contribution in [2.45, 2.75) is 13.0 Å². The number of carbonyl (C=O) groups excluding carboxylic acids is 1. The molecule has 0 bridgehead atoms. The topological polar surface area (TPSA) is 40.9 Å². The van der Waals surface area contributed by atoms with Crippen LogP contribution in [0, 0.1) is 5.82 Å². The summed E-state index contributed by atoms with van der Waals surface area (Å²) in [5, 5.41) is 4.26. The predicted molar refractivity (Wildman–Crippen MR) is 97.4 cm³/mol. The fourth-order valence-electron chi connectivity index (χ4n) is 3.45. The van der Waals surface area contributed by atoms with Crippen LogP contribution in [-0.4, -0.2) is 51.5 Å². The molecule has 0 spiro atoms. The third-order valence-electron chi connectivity index (χ3n) is 4.85. The molecule has 4 rings (SSSR count). The van der Waals surface area contributed by atoms with Crippen molar-refractivity contribution in [1.82, 2.24) is 19.4 Å². The maximum atomic E-state index is 13.1. The van der Waals surface area contributed by atoms with Crippen molar-refractivity contribution in [1.29, 1.82) is 0 Å². The van der Waals surface area contributed by atoms with E-state index in [9.17, 15) is 9.18 Å². The summed E-state index contributed by atoms with van der Waals surface area (Å²) in [6, 6.07) is 12.4. The summed E-state index contributed by atoms with van der Waals surface area (Å²) in [5.74, 6) is -0.176. The highest BCUT2D eigenvalue weighted by atomic mass is 19.1. The molecular formula is C20H21FN4O. The first-order valence-corrected chi connectivity index (χ1v) is 8.89. The first-order chi connectivity index (χ1) is 12.7. The number of rotatable bonds is 3. The van der Waals surface area contributed by atoms with Gasteiger partial charge in [-0.15, -0.1) is 0 Å². The summed E-state index contributed by atoms with van der Waals surface area (Å²) >= 11 is 0. The van der Waals surface area contributed by atoms with Gasteiger partial charge < -0.3 is 4.90 Å². The van der Waals surface area contributed by atoms with Gasteiger partial charge in [0.2, 0.25) is 0 Å². The van der Waals surface area contributed by atoms with E-state index in [2.05, 4.69) is 10.00 Å². The fourth-order valence-corrected chi connectivity index (χ4v) is 3.45. The molecule has 2 aromatic heterocycles. The Morgan fingerprint density at radius 2 is 1.88 bits per heavy atom. The molecule has 1 amide bonds. The lowest BCUT2D eigenvalue weighted by molar-refractivity contribution is 0.0763. The third kappa shape index (κ3) is 3.46. The highest BCUT2D eigenvalue weighted by Crippen LogP contribution is 2.16. The van der Waals surface area contributed by atoms with Crippen molar-refractivity contribution in [2.75, 3.05) is 26.2 Å². The van der Waals surface area contributed by atoms with Gasteiger partial charge in [0.15, 0.2) is 0 Å². The van der Waals surface area contributed by atoms with Gasteiger partial charge in [0.05, 0.1) is 17.3 Å². The summed E-state index contributed by atoms with van der Waals surface area (Å²) in [6.07, 6.45) is 4.42. The molecule has 26 heavy (non-hydrogen) atoms. The van der Waals surface area contributed by atoms with Gasteiger partial charge >= 0.3 is 0 Å². The molecule has 5 nitrogen and oxygen atoms in total. The molecule has 3 aromatic rings. The zero-order valence-electron chi connectivity index (χ0n) is 14.5. The van der Waals surface area contributed by atoms with Crippen LogP contribution in [0.15, 0.2) is 54.9 Å². The average Bonchev–Trinajstić information content (AvgIpc) is 2.95. The molecule has 0 aliphatic carbocycles. The fraction of sp³-hybridized carbons (Fsp3) is 0.300. The van der Waals surface area contributed by atoms with Crippen LogP contribution >= 0.6 is 0 Å². The number of benzene rings is 1. The quantitative estimate of drug-likeness (QED) is 0.728. The van der Waals surface area contributed by atoms with Gasteiger partial charge in [-0.2, -0.15) is 5.10 Å². The number of fused-ring (bicyclic) bond motifs is 1. The first kappa shape index (κ1) is 16.7. The molecule has 1 aromatic carbocycles. The number of nitrogens with zero attached hydrogens (tertiary/aromatic N) is 4. The molecule has 134 valence electrons. The molecule has 0 atom stereocenters. The Balaban J connectivity index is 1.43. The minimum absolute atomic E-state index is 0.0369. The van der Waals surface area contributed by atoms with Gasteiger partial charge in [0, 0.05) is 38.9 Å². The standard InChI is InChI=1S/C20H21FN4O/c21-17-7-5-16(6-8-17)15-23-9-3-10-24(13-12-23)20(26)18-14-22-25-11-2-1-4-19(18)25/h1-2,4-8,11,14H,3,9-10,12-13,15H2. The monoisotopic (exact) mass is 352 g/mol. The van der Waals surface area contributed by atoms with Crippen molar-refractivity contribution >= 4 is 11.4 Å². The van der Waals surface area contributed by atoms with E-state index >= 15 is 0 Å². The minimum Gasteiger partial charge on any atom is -0.337 e. The summed E-state index contributed by atoms with van der Waals surface area (Å²) in [7, 11) is 0. The lowest BCUT2D eigenvalue weighted by atomic mass is 10.2. The Hall–Kier alpha value is -2.73. The molecule has 1 aliphatic heterocycles. The van der Waals surface area contributed by atoms with Crippen molar-refractivity contribution in [3.8, 4) is 0 Å². The SMILES string of the molecule is O=C(c1cnn2ccccc12)N1CCCN(Cc2ccc(F)cc2)CC1. The van der Waals surface area contributed by atoms with Crippen LogP contribution in [0.3, 0.4) is 0 Å². The first-order valence-electron chi connectivity index (χ1n) is 8.89. The minimum atomic E-state index is -0.213. The summed E-state index contributed by atoms with van der Waals surface area (Å²) in [6.45, 7) is 3.93. The van der Waals surface area contributed by atoms with Gasteiger partial charge in [-0.05, 0) is 36.2 Å². The van der Waals surface area contributed by atoms with E-state index in [1.807, 2.05) is 41.4 Å². The smallest absolute Gasteiger partial charge is 0.257 e. The van der Waals surface area contributed by atoms with Gasteiger partial charge in [-0.25, -0.2) is 8.91 Å². The van der Waals surface area contributed by atoms with Crippen molar-refractivity contribution in [3.63, 3.8) is 0 Å². The largest absolute Gasteiger partial charge is 0.337 e. The Morgan fingerprint density at radius 1 is 1.04 bits per heavy atom. The van der Waals surface area contributed by atoms with Crippen molar-refractivity contribution < 1.29 is 9.18 Å². The van der Waals surface area contributed by atoms with E-state index in [1.54, 1.807) is 10.7 Å². The normalized spacial score (nSPS) is 16.0. The van der Waals surface area contributed by atoms with Crippen LogP contribution in [-0.2, 0) is 6.54 Å². The van der Waals surface area contributed by atoms with E-state index in [0.717, 1.165) is 43.7 Å². The lowest BCUT2D eigenvalue weighted by Crippen LogP contribution is -2.35. The zero-order chi connectivity index (χ0) is 17.9. The molecule has 1 fully saturated rings. The molecule has 3 heterocycles. The van der Waals surface area contributed by atoms with Gasteiger partial charge in [0.1, 0.15) is 5.82 Å². The molecule has 0 radical (unpaired) electrons. The number of aromatic nitrogens is 2. The Bertz CT molecular complexity index is 906. The number of halogens is 1. The molecule has 0 N–H and O–H groups in total. The Kier molecular flexibility index (Phi) is 4.67. The number of hydrogen-bond acceptors (Lipinski definition) is 3. The van der Waals surface area contributed by atoms with Gasteiger partial charge in [-0.3, -0.25) is 9.69 Å². The Morgan fingerprint density at radius 3 is 2.73 bits per heavy atom. The Labute approximate surface area is 151 Å². The second-order valence-electron chi connectivity index (χ2n) is 6.64. The number of carbonyl (C=O) groups is 1. The average molecular weight is 352 g/mol. The van der Waals surface area contributed by atoms with Crippen LogP contribution in [0.25, 0.3) is 5.52 Å². The van der Waals surface area contributed by atoms with Crippen molar-refractivity contribution in [3.05, 3.63) is 71.8 Å². The molecule has 6 heteroatoms. The van der Waals surface area contributed by atoms with E-state index in [0.29, 0.717) is 12.1 Å². The second-order valence-corrected chi connectivity index (χ2v) is 6.64. The van der Waals surface area contributed by atoms with Crippen LogP contribution in [0.4, 0.5) is 4.39 Å². The summed E-state index contributed by atoms with van der Waals surface area (Å²) in [4.78, 5) is 17.2. The van der Waals surface area contributed by atoms with Crippen LogP contribution in [0.1, 0.15) is 22.3 Å². The van der Waals surface area contributed by atoms with Crippen molar-refractivity contribution in [2.24, 2.45) is 0 Å². The predicted octanol–water partition coefficient (Wildman–Crippen LogP) is 2.82. The highest BCUT2D eigenvalue weighted by Gasteiger charge is 2.22. The lowest BCUT2D eigenvalue weighted by Gasteiger charge is -2.22. The van der Waals surface area contributed by atoms with E-state index < -0.39 is 0 Å². The number of pyridine rings is 1. The van der Waals surface area contributed by atoms with Gasteiger partial charge in [0.25, 0.3) is 5.91 Å². The third-order valence-corrected chi connectivity index (χ3v) is 4.85.